The lowest BCUT2D eigenvalue weighted by atomic mass is 10.0. The lowest BCUT2D eigenvalue weighted by Gasteiger charge is -2.12. The molecule has 0 radical (unpaired) electrons. The van der Waals surface area contributed by atoms with Gasteiger partial charge < -0.3 is 20.5 Å². The summed E-state index contributed by atoms with van der Waals surface area (Å²) >= 11 is 0. The van der Waals surface area contributed by atoms with Gasteiger partial charge in [0.25, 0.3) is 0 Å². The average molecular weight is 369 g/mol. The van der Waals surface area contributed by atoms with Crippen molar-refractivity contribution in [1.29, 1.82) is 0 Å². The van der Waals surface area contributed by atoms with Gasteiger partial charge in [-0.3, -0.25) is 4.79 Å². The van der Waals surface area contributed by atoms with Crippen LogP contribution in [0.25, 0.3) is 0 Å². The number of benzene rings is 1. The Morgan fingerprint density at radius 1 is 1.38 bits per heavy atom. The molecule has 7 nitrogen and oxygen atoms in total. The summed E-state index contributed by atoms with van der Waals surface area (Å²) in [6.45, 7) is -0.921. The van der Waals surface area contributed by atoms with Crippen molar-refractivity contribution in [2.45, 2.75) is 20.0 Å². The Morgan fingerprint density at radius 3 is 2.65 bits per heavy atom. The Kier molecular flexibility index (Phi) is 8.93. The molecule has 142 valence electrons. The zero-order valence-electron chi connectivity index (χ0n) is 14.5. The van der Waals surface area contributed by atoms with Crippen LogP contribution < -0.4 is 15.8 Å². The minimum atomic E-state index is -3.05. The molecule has 0 aliphatic rings. The van der Waals surface area contributed by atoms with Crippen molar-refractivity contribution < 1.29 is 27.8 Å². The number of esters is 1. The van der Waals surface area contributed by atoms with Gasteiger partial charge in [0.2, 0.25) is 0 Å². The van der Waals surface area contributed by atoms with E-state index in [9.17, 15) is 18.4 Å². The molecule has 0 heterocycles. The second kappa shape index (κ2) is 10.9. The van der Waals surface area contributed by atoms with Crippen molar-refractivity contribution in [3.8, 4) is 5.75 Å². The van der Waals surface area contributed by atoms with Crippen molar-refractivity contribution in [2.24, 2.45) is 10.7 Å². The molecule has 26 heavy (non-hydrogen) atoms. The van der Waals surface area contributed by atoms with E-state index in [4.69, 9.17) is 10.5 Å². The van der Waals surface area contributed by atoms with Crippen LogP contribution >= 0.6 is 0 Å². The zero-order chi connectivity index (χ0) is 19.5. The molecule has 0 saturated heterocycles. The van der Waals surface area contributed by atoms with E-state index in [1.165, 1.54) is 18.2 Å². The van der Waals surface area contributed by atoms with E-state index >= 15 is 0 Å². The van der Waals surface area contributed by atoms with Crippen molar-refractivity contribution in [2.75, 3.05) is 20.2 Å². The van der Waals surface area contributed by atoms with Crippen LogP contribution in [0.1, 0.15) is 13.3 Å². The number of para-hydroxylation sites is 2. The lowest BCUT2D eigenvalue weighted by molar-refractivity contribution is -0.138. The summed E-state index contributed by atoms with van der Waals surface area (Å²) in [4.78, 5) is 27.5. The number of nitrogens with zero attached hydrogens (tertiary/aromatic N) is 1. The number of nitrogens with two attached hydrogens (primary N) is 1. The molecule has 0 aromatic heterocycles. The highest BCUT2D eigenvalue weighted by atomic mass is 19.3. The smallest absolute Gasteiger partial charge is 0.387 e. The molecule has 0 atom stereocenters. The molecule has 0 fully saturated rings. The van der Waals surface area contributed by atoms with Crippen LogP contribution in [0, 0.1) is 0 Å². The van der Waals surface area contributed by atoms with Crippen LogP contribution in [0.4, 0.5) is 14.5 Å². The fraction of sp³-hybridized carbons (Fsp3) is 0.353. The molecule has 0 aliphatic heterocycles. The van der Waals surface area contributed by atoms with E-state index in [-0.39, 0.29) is 41.4 Å². The van der Waals surface area contributed by atoms with Crippen molar-refractivity contribution in [3.63, 3.8) is 0 Å². The van der Waals surface area contributed by atoms with Crippen LogP contribution in [0.2, 0.25) is 0 Å². The maximum absolute atomic E-state index is 12.5. The van der Waals surface area contributed by atoms with Crippen LogP contribution in [-0.2, 0) is 14.3 Å². The molecular formula is C17H21F2N3O4. The van der Waals surface area contributed by atoms with E-state index in [0.717, 1.165) is 0 Å². The molecular weight excluding hydrogens is 348 g/mol. The zero-order valence-corrected chi connectivity index (χ0v) is 14.5. The van der Waals surface area contributed by atoms with Gasteiger partial charge >= 0.3 is 12.6 Å². The van der Waals surface area contributed by atoms with Gasteiger partial charge in [0.15, 0.2) is 12.0 Å². The predicted molar refractivity (Wildman–Crippen MR) is 92.6 cm³/mol. The molecule has 0 bridgehead atoms. The molecule has 0 amide bonds. The molecule has 1 aromatic carbocycles. The fourth-order valence-electron chi connectivity index (χ4n) is 2.02. The standard InChI is InChI=1S/C17H21F2N3O4/c1-3-25-16(24)15(20)11(8-9-21-2)13(10-23)22-12-6-4-5-7-14(12)26-17(18)19/h4-7,10,17,21H,3,8-9,20H2,1-2H3. The van der Waals surface area contributed by atoms with E-state index in [1.807, 2.05) is 0 Å². The number of nitrogens with one attached hydrogen (secondary N) is 1. The summed E-state index contributed by atoms with van der Waals surface area (Å²) < 4.78 is 34.3. The maximum Gasteiger partial charge on any atom is 0.387 e. The first-order chi connectivity index (χ1) is 12.4. The summed E-state index contributed by atoms with van der Waals surface area (Å²) in [7, 11) is 1.68. The van der Waals surface area contributed by atoms with Gasteiger partial charge in [0.1, 0.15) is 17.1 Å². The third-order valence-electron chi connectivity index (χ3n) is 3.19. The van der Waals surface area contributed by atoms with E-state index in [1.54, 1.807) is 20.0 Å². The van der Waals surface area contributed by atoms with E-state index < -0.39 is 12.6 Å². The number of hydrogen-bond acceptors (Lipinski definition) is 7. The first-order valence-corrected chi connectivity index (χ1v) is 7.83. The Labute approximate surface area is 149 Å². The largest absolute Gasteiger partial charge is 0.461 e. The third kappa shape index (κ3) is 6.25. The Balaban J connectivity index is 3.38. The van der Waals surface area contributed by atoms with E-state index in [0.29, 0.717) is 12.8 Å². The second-order valence-electron chi connectivity index (χ2n) is 4.93. The first kappa shape index (κ1) is 21.2. The molecule has 0 saturated carbocycles. The number of carbonyl (C=O) groups excluding carboxylic acids is 2. The maximum atomic E-state index is 12.5. The SMILES string of the molecule is CCOC(=O)C(N)=C(CCNC)C(C=O)=Nc1ccccc1OC(F)F. The Morgan fingerprint density at radius 2 is 2.08 bits per heavy atom. The molecule has 9 heteroatoms. The summed E-state index contributed by atoms with van der Waals surface area (Å²) in [6.07, 6.45) is 0.604. The Bertz CT molecular complexity index is 690. The van der Waals surface area contributed by atoms with Crippen molar-refractivity contribution in [1.82, 2.24) is 5.32 Å². The summed E-state index contributed by atoms with van der Waals surface area (Å²) in [5.41, 5.74) is 5.55. The minimum Gasteiger partial charge on any atom is -0.461 e. The quantitative estimate of drug-likeness (QED) is 0.283. The van der Waals surface area contributed by atoms with Crippen LogP contribution in [0.3, 0.4) is 0 Å². The van der Waals surface area contributed by atoms with E-state index in [2.05, 4.69) is 15.0 Å². The van der Waals surface area contributed by atoms with Gasteiger partial charge in [-0.25, -0.2) is 9.79 Å². The molecule has 1 aromatic rings. The second-order valence-corrected chi connectivity index (χ2v) is 4.93. The number of ether oxygens (including phenoxy) is 2. The average Bonchev–Trinajstić information content (AvgIpc) is 2.61. The van der Waals surface area contributed by atoms with Crippen LogP contribution in [0.5, 0.6) is 5.75 Å². The highest BCUT2D eigenvalue weighted by Gasteiger charge is 2.18. The van der Waals surface area contributed by atoms with Crippen molar-refractivity contribution >= 4 is 23.7 Å². The predicted octanol–water partition coefficient (Wildman–Crippen LogP) is 1.94. The summed E-state index contributed by atoms with van der Waals surface area (Å²) in [5, 5.41) is 2.87. The van der Waals surface area contributed by atoms with Crippen LogP contribution in [-0.4, -0.2) is 44.8 Å². The van der Waals surface area contributed by atoms with Gasteiger partial charge in [-0.15, -0.1) is 0 Å². The van der Waals surface area contributed by atoms with Gasteiger partial charge in [0, 0.05) is 5.57 Å². The third-order valence-corrected chi connectivity index (χ3v) is 3.19. The van der Waals surface area contributed by atoms with Gasteiger partial charge in [-0.05, 0) is 39.1 Å². The molecule has 1 rings (SSSR count). The fourth-order valence-corrected chi connectivity index (χ4v) is 2.02. The number of halogens is 2. The number of rotatable bonds is 10. The number of alkyl halides is 2. The van der Waals surface area contributed by atoms with Gasteiger partial charge in [-0.2, -0.15) is 8.78 Å². The first-order valence-electron chi connectivity index (χ1n) is 7.83. The lowest BCUT2D eigenvalue weighted by Crippen LogP contribution is -2.23. The molecule has 0 spiro atoms. The van der Waals surface area contributed by atoms with Gasteiger partial charge in [-0.1, -0.05) is 12.1 Å². The number of hydrogen-bond donors (Lipinski definition) is 2. The van der Waals surface area contributed by atoms with Crippen LogP contribution in [0.15, 0.2) is 40.5 Å². The molecule has 3 N–H and O–H groups in total. The normalized spacial score (nSPS) is 12.6. The topological polar surface area (TPSA) is 103 Å². The molecule has 0 aliphatic carbocycles. The van der Waals surface area contributed by atoms with Gasteiger partial charge in [0.05, 0.1) is 6.61 Å². The number of aliphatic imine (C=N–C) groups is 1. The molecule has 0 unspecified atom stereocenters. The highest BCUT2D eigenvalue weighted by molar-refractivity contribution is 6.37. The summed E-state index contributed by atoms with van der Waals surface area (Å²) in [5.74, 6) is -0.991. The minimum absolute atomic E-state index is 0.00789. The summed E-state index contributed by atoms with van der Waals surface area (Å²) in [6, 6.07) is 5.73. The Hall–Kier alpha value is -2.81. The number of carbonyl (C=O) groups is 2. The highest BCUT2D eigenvalue weighted by Crippen LogP contribution is 2.29. The monoisotopic (exact) mass is 369 g/mol. The number of aldehydes is 1. The van der Waals surface area contributed by atoms with Crippen molar-refractivity contribution in [3.05, 3.63) is 35.5 Å².